The van der Waals surface area contributed by atoms with E-state index in [0.29, 0.717) is 23.6 Å². The van der Waals surface area contributed by atoms with E-state index >= 15 is 0 Å². The minimum absolute atomic E-state index is 0.116. The quantitative estimate of drug-likeness (QED) is 0.383. The molecule has 0 amide bonds. The Morgan fingerprint density at radius 1 is 1.09 bits per heavy atom. The summed E-state index contributed by atoms with van der Waals surface area (Å²) in [6.45, 7) is 8.01. The van der Waals surface area contributed by atoms with E-state index in [1.807, 2.05) is 68.8 Å². The summed E-state index contributed by atoms with van der Waals surface area (Å²) >= 11 is 3.47. The van der Waals surface area contributed by atoms with Crippen molar-refractivity contribution in [2.75, 3.05) is 0 Å². The molecule has 0 aliphatic heterocycles. The van der Waals surface area contributed by atoms with Crippen molar-refractivity contribution in [1.29, 1.82) is 0 Å². The molecule has 0 atom stereocenters. The van der Waals surface area contributed by atoms with Crippen LogP contribution >= 0.6 is 15.9 Å². The van der Waals surface area contributed by atoms with Gasteiger partial charge in [0.2, 0.25) is 5.88 Å². The number of aliphatic imine (C=N–C) groups is 1. The predicted octanol–water partition coefficient (Wildman–Crippen LogP) is 4.22. The lowest BCUT2D eigenvalue weighted by molar-refractivity contribution is 0.430. The van der Waals surface area contributed by atoms with Crippen molar-refractivity contribution in [3.05, 3.63) is 101 Å². The molecule has 2 N–H and O–H groups in total. The molecule has 2 aromatic heterocycles. The normalized spacial score (nSPS) is 11.4. The van der Waals surface area contributed by atoms with Crippen LogP contribution in [0, 0.1) is 27.7 Å². The van der Waals surface area contributed by atoms with Crippen LogP contribution in [0.2, 0.25) is 0 Å². The fourth-order valence-corrected chi connectivity index (χ4v) is 4.26. The molecule has 0 bridgehead atoms. The van der Waals surface area contributed by atoms with Gasteiger partial charge < -0.3 is 5.11 Å². The molecule has 4 aromatic rings. The van der Waals surface area contributed by atoms with Gasteiger partial charge in [-0.1, -0.05) is 46.3 Å². The van der Waals surface area contributed by atoms with Crippen molar-refractivity contribution in [3.8, 4) is 11.6 Å². The van der Waals surface area contributed by atoms with Crippen LogP contribution < -0.4 is 11.2 Å². The Bertz CT molecular complexity index is 1530. The Hall–Kier alpha value is -3.72. The van der Waals surface area contributed by atoms with Gasteiger partial charge in [-0.15, -0.1) is 0 Å². The number of hydrogen-bond acceptors (Lipinski definition) is 5. The van der Waals surface area contributed by atoms with Crippen molar-refractivity contribution in [3.63, 3.8) is 0 Å². The molecular weight excluding hydrogens is 498 g/mol. The summed E-state index contributed by atoms with van der Waals surface area (Å²) in [4.78, 5) is 31.9. The van der Waals surface area contributed by atoms with Crippen molar-refractivity contribution < 1.29 is 5.11 Å². The van der Waals surface area contributed by atoms with Gasteiger partial charge in [-0.3, -0.25) is 19.5 Å². The van der Waals surface area contributed by atoms with E-state index in [1.165, 1.54) is 6.21 Å². The largest absolute Gasteiger partial charge is 0.493 e. The third kappa shape index (κ3) is 4.38. The molecule has 0 fully saturated rings. The number of halogens is 1. The van der Waals surface area contributed by atoms with E-state index in [-0.39, 0.29) is 5.56 Å². The number of H-pyrrole nitrogens is 1. The molecular formula is C25H24BrN5O3. The van der Waals surface area contributed by atoms with Gasteiger partial charge >= 0.3 is 5.69 Å². The average Bonchev–Trinajstić information content (AvgIpc) is 3.04. The highest BCUT2D eigenvalue weighted by Crippen LogP contribution is 2.27. The second kappa shape index (κ2) is 9.26. The summed E-state index contributed by atoms with van der Waals surface area (Å²) in [5, 5.41) is 15.5. The Kier molecular flexibility index (Phi) is 6.39. The van der Waals surface area contributed by atoms with Crippen LogP contribution in [-0.2, 0) is 6.54 Å². The number of nitrogens with one attached hydrogen (secondary N) is 1. The molecule has 0 radical (unpaired) electrons. The van der Waals surface area contributed by atoms with E-state index < -0.39 is 17.1 Å². The summed E-state index contributed by atoms with van der Waals surface area (Å²) < 4.78 is 3.80. The van der Waals surface area contributed by atoms with Crippen molar-refractivity contribution in [2.45, 2.75) is 34.2 Å². The summed E-state index contributed by atoms with van der Waals surface area (Å²) in [7, 11) is 0. The van der Waals surface area contributed by atoms with Crippen molar-refractivity contribution >= 4 is 27.8 Å². The molecule has 0 spiro atoms. The topological polar surface area (TPSA) is 105 Å². The van der Waals surface area contributed by atoms with Gasteiger partial charge in [0.1, 0.15) is 11.3 Å². The first-order valence-corrected chi connectivity index (χ1v) is 11.4. The Morgan fingerprint density at radius 2 is 1.79 bits per heavy atom. The number of hydrogen-bond donors (Lipinski definition) is 2. The summed E-state index contributed by atoms with van der Waals surface area (Å²) in [5.41, 5.74) is 3.74. The smallest absolute Gasteiger partial charge is 0.335 e. The lowest BCUT2D eigenvalue weighted by atomic mass is 10.1. The summed E-state index contributed by atoms with van der Waals surface area (Å²) in [6.07, 6.45) is 1.27. The zero-order valence-electron chi connectivity index (χ0n) is 19.3. The monoisotopic (exact) mass is 521 g/mol. The van der Waals surface area contributed by atoms with Gasteiger partial charge in [0.15, 0.2) is 0 Å². The molecule has 4 rings (SSSR count). The molecule has 0 saturated carbocycles. The maximum absolute atomic E-state index is 12.6. The minimum atomic E-state index is -0.729. The number of aromatic nitrogens is 4. The third-order valence-corrected chi connectivity index (χ3v) is 6.53. The highest BCUT2D eigenvalue weighted by molar-refractivity contribution is 9.10. The molecule has 2 heterocycles. The zero-order chi connectivity index (χ0) is 24.6. The van der Waals surface area contributed by atoms with E-state index in [9.17, 15) is 14.7 Å². The van der Waals surface area contributed by atoms with Crippen LogP contribution in [0.3, 0.4) is 0 Å². The second-order valence-corrected chi connectivity index (χ2v) is 9.00. The highest BCUT2D eigenvalue weighted by atomic mass is 79.9. The first kappa shape index (κ1) is 23.4. The maximum atomic E-state index is 12.6. The number of aromatic amines is 1. The van der Waals surface area contributed by atoms with Crippen LogP contribution in [0.25, 0.3) is 5.69 Å². The number of aromatic hydroxyl groups is 1. The number of nitrogens with zero attached hydrogens (tertiary/aromatic N) is 4. The van der Waals surface area contributed by atoms with Gasteiger partial charge in [0.25, 0.3) is 5.56 Å². The number of aryl methyl sites for hydroxylation is 3. The fraction of sp³-hybridized carbons (Fsp3) is 0.200. The molecule has 34 heavy (non-hydrogen) atoms. The lowest BCUT2D eigenvalue weighted by Crippen LogP contribution is -2.31. The number of rotatable bonds is 5. The van der Waals surface area contributed by atoms with Gasteiger partial charge in [-0.25, -0.2) is 9.36 Å². The standard InChI is InChI=1S/C25H24BrN5O3/c1-14-11-21(15(2)10-20(14)26)31-24(33)19(23(32)28-25(31)34)12-27-22-16(3)29-30(17(22)4)13-18-8-6-5-7-9-18/h5-12,33H,13H2,1-4H3,(H,28,32,34). The second-order valence-electron chi connectivity index (χ2n) is 8.14. The predicted molar refractivity (Wildman–Crippen MR) is 136 cm³/mol. The van der Waals surface area contributed by atoms with Crippen LogP contribution in [0.1, 0.15) is 33.6 Å². The average molecular weight is 522 g/mol. The zero-order valence-corrected chi connectivity index (χ0v) is 20.8. The van der Waals surface area contributed by atoms with Gasteiger partial charge in [0, 0.05) is 10.7 Å². The molecule has 9 heteroatoms. The van der Waals surface area contributed by atoms with Crippen LogP contribution in [-0.4, -0.2) is 30.7 Å². The van der Waals surface area contributed by atoms with Gasteiger partial charge in [0.05, 0.1) is 23.6 Å². The Labute approximate surface area is 204 Å². The van der Waals surface area contributed by atoms with E-state index in [0.717, 1.165) is 31.4 Å². The Morgan fingerprint density at radius 3 is 2.50 bits per heavy atom. The van der Waals surface area contributed by atoms with Crippen molar-refractivity contribution in [1.82, 2.24) is 19.3 Å². The van der Waals surface area contributed by atoms with E-state index in [1.54, 1.807) is 6.07 Å². The summed E-state index contributed by atoms with van der Waals surface area (Å²) in [5.74, 6) is -0.477. The lowest BCUT2D eigenvalue weighted by Gasteiger charge is -2.14. The van der Waals surface area contributed by atoms with E-state index in [4.69, 9.17) is 0 Å². The molecule has 0 aliphatic carbocycles. The molecule has 0 unspecified atom stereocenters. The SMILES string of the molecule is Cc1cc(-n2c(O)c(C=Nc3c(C)nn(Cc4ccccc4)c3C)c(=O)[nH]c2=O)c(C)cc1Br. The molecule has 0 saturated heterocycles. The molecule has 174 valence electrons. The highest BCUT2D eigenvalue weighted by Gasteiger charge is 2.17. The molecule has 0 aliphatic rings. The van der Waals surface area contributed by atoms with Crippen LogP contribution in [0.4, 0.5) is 5.69 Å². The first-order chi connectivity index (χ1) is 16.2. The van der Waals surface area contributed by atoms with Crippen LogP contribution in [0.15, 0.2) is 61.5 Å². The van der Waals surface area contributed by atoms with Crippen LogP contribution in [0.5, 0.6) is 5.88 Å². The molecule has 2 aromatic carbocycles. The minimum Gasteiger partial charge on any atom is -0.493 e. The van der Waals surface area contributed by atoms with E-state index in [2.05, 4.69) is 31.0 Å². The summed E-state index contributed by atoms with van der Waals surface area (Å²) in [6, 6.07) is 13.6. The van der Waals surface area contributed by atoms with Gasteiger partial charge in [-0.2, -0.15) is 5.10 Å². The number of benzene rings is 2. The third-order valence-electron chi connectivity index (χ3n) is 5.68. The van der Waals surface area contributed by atoms with Crippen molar-refractivity contribution in [2.24, 2.45) is 4.99 Å². The fourth-order valence-electron chi connectivity index (χ4n) is 3.80. The maximum Gasteiger partial charge on any atom is 0.335 e. The molecule has 8 nitrogen and oxygen atoms in total. The van der Waals surface area contributed by atoms with Gasteiger partial charge in [-0.05, 0) is 56.5 Å². The first-order valence-electron chi connectivity index (χ1n) is 10.6. The Balaban J connectivity index is 1.77.